The van der Waals surface area contributed by atoms with Crippen LogP contribution >= 0.6 is 0 Å². The lowest BCUT2D eigenvalue weighted by Gasteiger charge is -2.55. The lowest BCUT2D eigenvalue weighted by Crippen LogP contribution is -2.53. The Morgan fingerprint density at radius 1 is 1.28 bits per heavy atom. The molecule has 3 saturated carbocycles. The molecule has 136 valence electrons. The maximum atomic E-state index is 13.2. The minimum absolute atomic E-state index is 0.288. The number of aromatic amines is 1. The normalized spacial score (nSPS) is 33.3. The monoisotopic (exact) mass is 344 g/mol. The fourth-order valence-corrected chi connectivity index (χ4v) is 5.49. The fourth-order valence-electron chi connectivity index (χ4n) is 5.49. The number of carbonyl (C=O) groups excluding carboxylic acids is 1. The van der Waals surface area contributed by atoms with Gasteiger partial charge in [0, 0.05) is 32.0 Å². The first kappa shape index (κ1) is 15.8. The lowest BCUT2D eigenvalue weighted by molar-refractivity contribution is -0.153. The summed E-state index contributed by atoms with van der Waals surface area (Å²) in [5, 5.41) is 7.45. The number of rotatable bonds is 5. The molecular weight excluding hydrogens is 316 g/mol. The summed E-state index contributed by atoms with van der Waals surface area (Å²) in [4.78, 5) is 20.0. The molecule has 6 nitrogen and oxygen atoms in total. The molecule has 4 aliphatic rings. The van der Waals surface area contributed by atoms with Crippen molar-refractivity contribution >= 4 is 5.91 Å². The van der Waals surface area contributed by atoms with Crippen molar-refractivity contribution in [1.82, 2.24) is 20.1 Å². The highest BCUT2D eigenvalue weighted by Crippen LogP contribution is 2.60. The predicted octanol–water partition coefficient (Wildman–Crippen LogP) is 2.48. The maximum Gasteiger partial charge on any atom is 0.226 e. The summed E-state index contributed by atoms with van der Waals surface area (Å²) in [6.45, 7) is 2.17. The molecule has 1 amide bonds. The molecular formula is C19H28N4O2. The Labute approximate surface area is 148 Å². The quantitative estimate of drug-likeness (QED) is 0.891. The summed E-state index contributed by atoms with van der Waals surface area (Å²) < 4.78 is 5.15. The van der Waals surface area contributed by atoms with E-state index >= 15 is 0 Å². The number of carbonyl (C=O) groups is 1. The maximum absolute atomic E-state index is 13.2. The van der Waals surface area contributed by atoms with Crippen LogP contribution in [0.5, 0.6) is 0 Å². The van der Waals surface area contributed by atoms with E-state index in [1.54, 1.807) is 7.11 Å². The van der Waals surface area contributed by atoms with Crippen LogP contribution in [0.2, 0.25) is 0 Å². The summed E-state index contributed by atoms with van der Waals surface area (Å²) in [6, 6.07) is 0. The Hall–Kier alpha value is -1.43. The van der Waals surface area contributed by atoms with Gasteiger partial charge in [0.05, 0.1) is 0 Å². The van der Waals surface area contributed by atoms with E-state index < -0.39 is 0 Å². The highest BCUT2D eigenvalue weighted by Gasteiger charge is 2.56. The van der Waals surface area contributed by atoms with Gasteiger partial charge in [-0.1, -0.05) is 6.42 Å². The highest BCUT2D eigenvalue weighted by molar-refractivity contribution is 5.81. The zero-order chi connectivity index (χ0) is 17.0. The number of hydrogen-bond donors (Lipinski definition) is 1. The number of nitrogens with zero attached hydrogens (tertiary/aromatic N) is 3. The summed E-state index contributed by atoms with van der Waals surface area (Å²) >= 11 is 0. The molecule has 4 fully saturated rings. The number of H-pyrrole nitrogens is 1. The summed E-state index contributed by atoms with van der Waals surface area (Å²) in [5.41, 5.74) is 0.389. The van der Waals surface area contributed by atoms with Crippen molar-refractivity contribution < 1.29 is 9.53 Å². The average molecular weight is 344 g/mol. The number of likely N-dealkylation sites (tertiary alicyclic amines) is 1. The van der Waals surface area contributed by atoms with Crippen LogP contribution in [0.25, 0.3) is 0 Å². The van der Waals surface area contributed by atoms with Crippen molar-refractivity contribution in [3.63, 3.8) is 0 Å². The van der Waals surface area contributed by atoms with Gasteiger partial charge in [-0.3, -0.25) is 9.89 Å². The number of hydrogen-bond acceptors (Lipinski definition) is 4. The molecule has 25 heavy (non-hydrogen) atoms. The molecule has 1 unspecified atom stereocenters. The van der Waals surface area contributed by atoms with Crippen LogP contribution in [-0.4, -0.2) is 46.2 Å². The molecule has 6 heteroatoms. The van der Waals surface area contributed by atoms with Gasteiger partial charge in [-0.25, -0.2) is 4.98 Å². The molecule has 1 saturated heterocycles. The largest absolute Gasteiger partial charge is 0.377 e. The third-order valence-electron chi connectivity index (χ3n) is 7.38. The molecule has 0 aromatic carbocycles. The Kier molecular flexibility index (Phi) is 3.66. The molecule has 3 atom stereocenters. The smallest absolute Gasteiger partial charge is 0.226 e. The Morgan fingerprint density at radius 2 is 2.12 bits per heavy atom. The third-order valence-corrected chi connectivity index (χ3v) is 7.38. The van der Waals surface area contributed by atoms with Gasteiger partial charge in [-0.2, -0.15) is 5.10 Å². The predicted molar refractivity (Wildman–Crippen MR) is 91.6 cm³/mol. The van der Waals surface area contributed by atoms with Crippen molar-refractivity contribution in [3.05, 3.63) is 11.6 Å². The van der Waals surface area contributed by atoms with Crippen molar-refractivity contribution in [3.8, 4) is 0 Å². The molecule has 1 aromatic heterocycles. The Balaban J connectivity index is 1.32. The van der Waals surface area contributed by atoms with E-state index in [4.69, 9.17) is 4.74 Å². The third kappa shape index (κ3) is 2.52. The molecule has 2 heterocycles. The second-order valence-electron chi connectivity index (χ2n) is 8.73. The van der Waals surface area contributed by atoms with Crippen molar-refractivity contribution in [2.75, 3.05) is 20.2 Å². The number of methoxy groups -OCH3 is 1. The van der Waals surface area contributed by atoms with Gasteiger partial charge in [0.1, 0.15) is 6.61 Å². The number of amides is 1. The van der Waals surface area contributed by atoms with E-state index in [1.165, 1.54) is 38.5 Å². The van der Waals surface area contributed by atoms with Crippen molar-refractivity contribution in [2.24, 2.45) is 23.2 Å². The van der Waals surface area contributed by atoms with Crippen LogP contribution < -0.4 is 0 Å². The number of aromatic nitrogens is 3. The number of ether oxygens (including phenoxy) is 1. The Bertz CT molecular complexity index is 659. The van der Waals surface area contributed by atoms with Gasteiger partial charge in [0.25, 0.3) is 0 Å². The average Bonchev–Trinajstić information content (AvgIpc) is 3.09. The fraction of sp³-hybridized carbons (Fsp3) is 0.842. The van der Waals surface area contributed by atoms with Crippen molar-refractivity contribution in [2.45, 2.75) is 57.5 Å². The summed E-state index contributed by atoms with van der Waals surface area (Å²) in [7, 11) is 1.67. The van der Waals surface area contributed by atoms with Gasteiger partial charge in [-0.15, -0.1) is 0 Å². The van der Waals surface area contributed by atoms with Gasteiger partial charge in [0.15, 0.2) is 11.6 Å². The number of nitrogens with one attached hydrogen (secondary N) is 1. The van der Waals surface area contributed by atoms with Gasteiger partial charge in [0.2, 0.25) is 5.91 Å². The van der Waals surface area contributed by atoms with Crippen LogP contribution in [0.15, 0.2) is 0 Å². The molecule has 3 aliphatic carbocycles. The minimum Gasteiger partial charge on any atom is -0.377 e. The molecule has 1 N–H and O–H groups in total. The first-order chi connectivity index (χ1) is 12.2. The molecule has 1 spiro atoms. The van der Waals surface area contributed by atoms with E-state index in [2.05, 4.69) is 20.1 Å². The highest BCUT2D eigenvalue weighted by atomic mass is 16.5. The van der Waals surface area contributed by atoms with E-state index in [0.717, 1.165) is 37.1 Å². The molecule has 1 aliphatic heterocycles. The molecule has 5 rings (SSSR count). The molecule has 1 aromatic rings. The van der Waals surface area contributed by atoms with Crippen LogP contribution in [0.4, 0.5) is 0 Å². The first-order valence-corrected chi connectivity index (χ1v) is 9.89. The zero-order valence-corrected chi connectivity index (χ0v) is 15.0. The summed E-state index contributed by atoms with van der Waals surface area (Å²) in [6.07, 6.45) is 8.83. The first-order valence-electron chi connectivity index (χ1n) is 9.89. The van der Waals surface area contributed by atoms with Gasteiger partial charge < -0.3 is 9.64 Å². The standard InChI is InChI=1S/C19H28N4O2/c1-25-11-16-20-17(22-21-16)14-10-23(9-13(14)12-3-4-12)18(24)15-5-8-19(15)6-2-7-19/h12-15H,2-11H2,1H3,(H,20,21,22)/t13-,14+,15?/m0/s1. The lowest BCUT2D eigenvalue weighted by atomic mass is 9.49. The van der Waals surface area contributed by atoms with E-state index in [-0.39, 0.29) is 5.92 Å². The van der Waals surface area contributed by atoms with Crippen LogP contribution in [0, 0.1) is 23.2 Å². The van der Waals surface area contributed by atoms with Crippen LogP contribution in [0.3, 0.4) is 0 Å². The van der Waals surface area contributed by atoms with E-state index in [1.807, 2.05) is 0 Å². The van der Waals surface area contributed by atoms with E-state index in [0.29, 0.717) is 29.8 Å². The van der Waals surface area contributed by atoms with Crippen LogP contribution in [0.1, 0.15) is 62.5 Å². The second kappa shape index (κ2) is 5.79. The molecule has 0 radical (unpaired) electrons. The van der Waals surface area contributed by atoms with Crippen LogP contribution in [-0.2, 0) is 16.1 Å². The second-order valence-corrected chi connectivity index (χ2v) is 8.73. The Morgan fingerprint density at radius 3 is 2.72 bits per heavy atom. The minimum atomic E-state index is 0.288. The SMILES string of the molecule is COCc1nc([C@@H]2CN(C(=O)C3CCC34CCC4)C[C@H]2C2CC2)n[nH]1. The van der Waals surface area contributed by atoms with E-state index in [9.17, 15) is 4.79 Å². The topological polar surface area (TPSA) is 71.1 Å². The zero-order valence-electron chi connectivity index (χ0n) is 15.0. The van der Waals surface area contributed by atoms with Gasteiger partial charge in [-0.05, 0) is 55.8 Å². The molecule has 0 bridgehead atoms. The van der Waals surface area contributed by atoms with Gasteiger partial charge >= 0.3 is 0 Å². The van der Waals surface area contributed by atoms with Crippen molar-refractivity contribution in [1.29, 1.82) is 0 Å². The summed E-state index contributed by atoms with van der Waals surface area (Å²) in [5.74, 6) is 3.97.